The van der Waals surface area contributed by atoms with Gasteiger partial charge in [0.2, 0.25) is 5.91 Å². The average molecular weight is 441 g/mol. The molecule has 148 valence electrons. The number of hydrogen-bond donors (Lipinski definition) is 1. The molecule has 0 aromatic heterocycles. The van der Waals surface area contributed by atoms with Crippen molar-refractivity contribution in [1.29, 1.82) is 0 Å². The Hall–Kier alpha value is -2.09. The standard InChI is InChI=1S/C19H25BrN2O5/c1-4-13(3)27-18(24)10-15-19(25)21-7-8-22(15)17(23)11-26-16-6-5-12(2)9-14(16)20/h5-6,9,13,15H,4,7-8,10-11H2,1-3H3,(H,21,25). The Kier molecular flexibility index (Phi) is 7.65. The maximum Gasteiger partial charge on any atom is 0.308 e. The van der Waals surface area contributed by atoms with Gasteiger partial charge in [-0.05, 0) is 53.9 Å². The van der Waals surface area contributed by atoms with Gasteiger partial charge in [0.15, 0.2) is 6.61 Å². The molecule has 1 aliphatic heterocycles. The summed E-state index contributed by atoms with van der Waals surface area (Å²) in [5.74, 6) is -0.652. The van der Waals surface area contributed by atoms with E-state index in [2.05, 4.69) is 21.2 Å². The SMILES string of the molecule is CCC(C)OC(=O)CC1C(=O)NCCN1C(=O)COc1ccc(C)cc1Br. The first-order valence-electron chi connectivity index (χ1n) is 8.97. The highest BCUT2D eigenvalue weighted by atomic mass is 79.9. The predicted octanol–water partition coefficient (Wildman–Crippen LogP) is 2.20. The molecule has 1 aromatic carbocycles. The third-order valence-electron chi connectivity index (χ3n) is 4.36. The molecule has 0 spiro atoms. The molecule has 0 saturated carbocycles. The number of aryl methyl sites for hydroxylation is 1. The van der Waals surface area contributed by atoms with Crippen molar-refractivity contribution < 1.29 is 23.9 Å². The summed E-state index contributed by atoms with van der Waals surface area (Å²) < 4.78 is 11.6. The zero-order chi connectivity index (χ0) is 20.0. The molecule has 1 aliphatic rings. The van der Waals surface area contributed by atoms with Crippen molar-refractivity contribution >= 4 is 33.7 Å². The Morgan fingerprint density at radius 3 is 2.81 bits per heavy atom. The minimum Gasteiger partial charge on any atom is -0.483 e. The van der Waals surface area contributed by atoms with Crippen molar-refractivity contribution in [1.82, 2.24) is 10.2 Å². The molecule has 1 saturated heterocycles. The lowest BCUT2D eigenvalue weighted by Crippen LogP contribution is -2.58. The number of nitrogens with one attached hydrogen (secondary N) is 1. The fourth-order valence-corrected chi connectivity index (χ4v) is 3.28. The smallest absolute Gasteiger partial charge is 0.308 e. The molecular formula is C19H25BrN2O5. The van der Waals surface area contributed by atoms with Crippen LogP contribution in [0.15, 0.2) is 22.7 Å². The van der Waals surface area contributed by atoms with E-state index in [1.807, 2.05) is 26.0 Å². The van der Waals surface area contributed by atoms with E-state index in [1.165, 1.54) is 4.90 Å². The van der Waals surface area contributed by atoms with E-state index >= 15 is 0 Å². The van der Waals surface area contributed by atoms with Gasteiger partial charge in [-0.2, -0.15) is 0 Å². The maximum absolute atomic E-state index is 12.6. The van der Waals surface area contributed by atoms with E-state index in [0.29, 0.717) is 25.3 Å². The predicted molar refractivity (Wildman–Crippen MR) is 103 cm³/mol. The third kappa shape index (κ3) is 5.95. The number of amides is 2. The van der Waals surface area contributed by atoms with Crippen LogP contribution < -0.4 is 10.1 Å². The Morgan fingerprint density at radius 1 is 1.41 bits per heavy atom. The van der Waals surface area contributed by atoms with Crippen LogP contribution in [0.1, 0.15) is 32.3 Å². The van der Waals surface area contributed by atoms with Gasteiger partial charge in [-0.1, -0.05) is 13.0 Å². The average Bonchev–Trinajstić information content (AvgIpc) is 2.62. The van der Waals surface area contributed by atoms with Gasteiger partial charge in [0.25, 0.3) is 5.91 Å². The number of rotatable bonds is 7. The molecule has 1 N–H and O–H groups in total. The Morgan fingerprint density at radius 2 is 2.15 bits per heavy atom. The normalized spacial score (nSPS) is 17.9. The van der Waals surface area contributed by atoms with E-state index in [4.69, 9.17) is 9.47 Å². The van der Waals surface area contributed by atoms with Gasteiger partial charge in [-0.3, -0.25) is 14.4 Å². The highest BCUT2D eigenvalue weighted by molar-refractivity contribution is 9.10. The van der Waals surface area contributed by atoms with Crippen LogP contribution in [-0.4, -0.2) is 54.5 Å². The van der Waals surface area contributed by atoms with Gasteiger partial charge in [-0.15, -0.1) is 0 Å². The molecule has 7 nitrogen and oxygen atoms in total. The summed E-state index contributed by atoms with van der Waals surface area (Å²) >= 11 is 3.40. The second kappa shape index (κ2) is 9.73. The highest BCUT2D eigenvalue weighted by Gasteiger charge is 2.35. The number of esters is 1. The van der Waals surface area contributed by atoms with Gasteiger partial charge < -0.3 is 19.7 Å². The molecule has 8 heteroatoms. The van der Waals surface area contributed by atoms with E-state index in [0.717, 1.165) is 10.0 Å². The summed E-state index contributed by atoms with van der Waals surface area (Å²) in [6, 6.07) is 4.67. The van der Waals surface area contributed by atoms with Crippen molar-refractivity contribution in [2.24, 2.45) is 0 Å². The van der Waals surface area contributed by atoms with Crippen LogP contribution >= 0.6 is 15.9 Å². The van der Waals surface area contributed by atoms with Crippen molar-refractivity contribution in [2.45, 2.75) is 45.8 Å². The summed E-state index contributed by atoms with van der Waals surface area (Å²) in [6.07, 6.45) is 0.288. The molecule has 1 fully saturated rings. The summed E-state index contributed by atoms with van der Waals surface area (Å²) in [4.78, 5) is 38.3. The number of halogens is 1. The number of ether oxygens (including phenoxy) is 2. The molecule has 1 heterocycles. The van der Waals surface area contributed by atoms with Gasteiger partial charge in [0.1, 0.15) is 11.8 Å². The number of piperazine rings is 1. The van der Waals surface area contributed by atoms with Crippen molar-refractivity contribution in [3.63, 3.8) is 0 Å². The summed E-state index contributed by atoms with van der Waals surface area (Å²) in [6.45, 7) is 6.09. The van der Waals surface area contributed by atoms with E-state index < -0.39 is 12.0 Å². The summed E-state index contributed by atoms with van der Waals surface area (Å²) in [5.41, 5.74) is 1.06. The van der Waals surface area contributed by atoms with E-state index in [-0.39, 0.29) is 30.9 Å². The number of carbonyl (C=O) groups excluding carboxylic acids is 3. The molecule has 2 atom stereocenters. The van der Waals surface area contributed by atoms with Gasteiger partial charge >= 0.3 is 5.97 Å². The molecular weight excluding hydrogens is 416 g/mol. The number of benzene rings is 1. The van der Waals surface area contributed by atoms with E-state index in [9.17, 15) is 14.4 Å². The van der Waals surface area contributed by atoms with Crippen LogP contribution in [0.25, 0.3) is 0 Å². The molecule has 0 aliphatic carbocycles. The molecule has 2 amide bonds. The molecule has 2 unspecified atom stereocenters. The van der Waals surface area contributed by atoms with Crippen LogP contribution in [0, 0.1) is 6.92 Å². The lowest BCUT2D eigenvalue weighted by molar-refractivity contribution is -0.155. The van der Waals surface area contributed by atoms with Crippen molar-refractivity contribution in [3.05, 3.63) is 28.2 Å². The minimum atomic E-state index is -0.882. The van der Waals surface area contributed by atoms with Crippen LogP contribution in [0.5, 0.6) is 5.75 Å². The first kappa shape index (κ1) is 21.2. The second-order valence-electron chi connectivity index (χ2n) is 6.53. The fourth-order valence-electron chi connectivity index (χ4n) is 2.68. The largest absolute Gasteiger partial charge is 0.483 e. The van der Waals surface area contributed by atoms with Crippen molar-refractivity contribution in [3.8, 4) is 5.75 Å². The molecule has 2 rings (SSSR count). The lowest BCUT2D eigenvalue weighted by Gasteiger charge is -2.34. The molecule has 0 bridgehead atoms. The van der Waals surface area contributed by atoms with Crippen LogP contribution in [0.3, 0.4) is 0 Å². The molecule has 27 heavy (non-hydrogen) atoms. The third-order valence-corrected chi connectivity index (χ3v) is 4.98. The van der Waals surface area contributed by atoms with E-state index in [1.54, 1.807) is 13.0 Å². The van der Waals surface area contributed by atoms with Crippen LogP contribution in [0.2, 0.25) is 0 Å². The highest BCUT2D eigenvalue weighted by Crippen LogP contribution is 2.25. The molecule has 1 aromatic rings. The quantitative estimate of drug-likeness (QED) is 0.656. The van der Waals surface area contributed by atoms with Crippen LogP contribution in [0.4, 0.5) is 0 Å². The van der Waals surface area contributed by atoms with Crippen LogP contribution in [-0.2, 0) is 19.1 Å². The Bertz CT molecular complexity index is 709. The van der Waals surface area contributed by atoms with Gasteiger partial charge in [0, 0.05) is 13.1 Å². The monoisotopic (exact) mass is 440 g/mol. The van der Waals surface area contributed by atoms with Gasteiger partial charge in [-0.25, -0.2) is 0 Å². The Balaban J connectivity index is 2.00. The summed E-state index contributed by atoms with van der Waals surface area (Å²) in [5, 5.41) is 2.69. The minimum absolute atomic E-state index is 0.170. The van der Waals surface area contributed by atoms with Gasteiger partial charge in [0.05, 0.1) is 17.0 Å². The zero-order valence-corrected chi connectivity index (χ0v) is 17.4. The first-order valence-corrected chi connectivity index (χ1v) is 9.76. The topological polar surface area (TPSA) is 84.9 Å². The number of hydrogen-bond acceptors (Lipinski definition) is 5. The summed E-state index contributed by atoms with van der Waals surface area (Å²) in [7, 11) is 0. The number of nitrogens with zero attached hydrogens (tertiary/aromatic N) is 1. The molecule has 0 radical (unpaired) electrons. The van der Waals surface area contributed by atoms with Crippen molar-refractivity contribution in [2.75, 3.05) is 19.7 Å². The first-order chi connectivity index (χ1) is 12.8. The Labute approximate surface area is 167 Å². The number of carbonyl (C=O) groups is 3. The zero-order valence-electron chi connectivity index (χ0n) is 15.8. The second-order valence-corrected chi connectivity index (χ2v) is 7.38. The fraction of sp³-hybridized carbons (Fsp3) is 0.526. The lowest BCUT2D eigenvalue weighted by atomic mass is 10.1. The maximum atomic E-state index is 12.6.